The van der Waals surface area contributed by atoms with E-state index < -0.39 is 0 Å². The van der Waals surface area contributed by atoms with Gasteiger partial charge in [-0.25, -0.2) is 9.97 Å². The van der Waals surface area contributed by atoms with E-state index in [-0.39, 0.29) is 17.9 Å². The number of hydrogen-bond acceptors (Lipinski definition) is 8. The van der Waals surface area contributed by atoms with Crippen LogP contribution in [0, 0.1) is 0 Å². The predicted octanol–water partition coefficient (Wildman–Crippen LogP) is 4.07. The Morgan fingerprint density at radius 1 is 0.917 bits per heavy atom. The number of fused-ring (bicyclic) bond motifs is 1. The minimum atomic E-state index is -0.0607. The number of thiophene rings is 1. The van der Waals surface area contributed by atoms with Crippen LogP contribution in [0.3, 0.4) is 0 Å². The molecule has 0 atom stereocenters. The number of imidazole rings is 1. The second-order valence-electron chi connectivity index (χ2n) is 9.19. The fourth-order valence-electron chi connectivity index (χ4n) is 5.00. The molecule has 1 amide bonds. The average molecular weight is 492 g/mol. The van der Waals surface area contributed by atoms with E-state index in [0.29, 0.717) is 27.8 Å². The van der Waals surface area contributed by atoms with Crippen LogP contribution in [0.1, 0.15) is 34.1 Å². The molecule has 3 N–H and O–H groups in total. The number of aromatic nitrogens is 8. The summed E-state index contributed by atoms with van der Waals surface area (Å²) in [4.78, 5) is 41.1. The Labute approximate surface area is 207 Å². The summed E-state index contributed by atoms with van der Waals surface area (Å²) in [5.74, 6) is 0.812. The van der Waals surface area contributed by atoms with Crippen molar-refractivity contribution < 1.29 is 4.79 Å². The fraction of sp³-hybridized carbons (Fsp3) is 0.160. The number of aromatic amines is 2. The zero-order chi connectivity index (χ0) is 23.8. The van der Waals surface area contributed by atoms with Crippen molar-refractivity contribution in [2.45, 2.75) is 24.8 Å². The molecule has 0 radical (unpaired) electrons. The predicted molar refractivity (Wildman–Crippen MR) is 134 cm³/mol. The van der Waals surface area contributed by atoms with Crippen LogP contribution in [0.25, 0.3) is 55.3 Å². The second-order valence-corrected chi connectivity index (χ2v) is 10.3. The zero-order valence-electron chi connectivity index (χ0n) is 18.7. The molecule has 9 rings (SSSR count). The largest absolute Gasteiger partial charge is 0.349 e. The van der Waals surface area contributed by atoms with Gasteiger partial charge in [-0.15, -0.1) is 11.3 Å². The summed E-state index contributed by atoms with van der Waals surface area (Å²) in [6.07, 6.45) is 10.5. The quantitative estimate of drug-likeness (QED) is 0.291. The van der Waals surface area contributed by atoms with Gasteiger partial charge in [-0.1, -0.05) is 0 Å². The molecule has 6 aromatic rings. The van der Waals surface area contributed by atoms with Gasteiger partial charge < -0.3 is 10.3 Å². The van der Waals surface area contributed by atoms with Crippen LogP contribution in [0.5, 0.6) is 0 Å². The molecule has 0 saturated heterocycles. The van der Waals surface area contributed by atoms with E-state index in [2.05, 4.69) is 35.5 Å². The maximum absolute atomic E-state index is 13.0. The van der Waals surface area contributed by atoms with E-state index >= 15 is 0 Å². The van der Waals surface area contributed by atoms with Crippen molar-refractivity contribution in [3.05, 3.63) is 59.8 Å². The summed E-state index contributed by atoms with van der Waals surface area (Å²) in [5.41, 5.74) is 6.26. The molecule has 10 nitrogen and oxygen atoms in total. The van der Waals surface area contributed by atoms with Gasteiger partial charge in [-0.3, -0.25) is 24.8 Å². The summed E-state index contributed by atoms with van der Waals surface area (Å²) in [6, 6.07) is 5.90. The molecule has 36 heavy (non-hydrogen) atoms. The van der Waals surface area contributed by atoms with Crippen LogP contribution in [0.4, 0.5) is 0 Å². The molecule has 2 aliphatic heterocycles. The lowest BCUT2D eigenvalue weighted by molar-refractivity contribution is 0.0912. The van der Waals surface area contributed by atoms with Crippen molar-refractivity contribution in [1.29, 1.82) is 0 Å². The highest BCUT2D eigenvalue weighted by Crippen LogP contribution is 2.38. The van der Waals surface area contributed by atoms with Crippen molar-refractivity contribution in [1.82, 2.24) is 45.4 Å². The van der Waals surface area contributed by atoms with Gasteiger partial charge in [0, 0.05) is 40.2 Å². The lowest BCUT2D eigenvalue weighted by Crippen LogP contribution is -2.43. The number of nitrogens with zero attached hydrogens (tertiary/aromatic N) is 6. The second kappa shape index (κ2) is 7.25. The number of hydrogen-bond donors (Lipinski definition) is 3. The van der Waals surface area contributed by atoms with Crippen molar-refractivity contribution >= 4 is 39.2 Å². The molecule has 8 heterocycles. The molecule has 1 saturated carbocycles. The Morgan fingerprint density at radius 3 is 2.75 bits per heavy atom. The van der Waals surface area contributed by atoms with Crippen LogP contribution in [0.15, 0.2) is 49.2 Å². The SMILES string of the molecule is O=C1NC2CC(C2)c2cncc(n2)-c2cc3c(n[nH]c3cn2)-c2nc3c(cncc3[nH]2)-c2ccc1s2. The van der Waals surface area contributed by atoms with Gasteiger partial charge in [0.2, 0.25) is 0 Å². The molecule has 3 aliphatic rings. The summed E-state index contributed by atoms with van der Waals surface area (Å²) in [7, 11) is 0. The third-order valence-electron chi connectivity index (χ3n) is 6.97. The number of carbonyl (C=O) groups is 1. The molecule has 0 aromatic carbocycles. The lowest BCUT2D eigenvalue weighted by atomic mass is 9.78. The minimum Gasteiger partial charge on any atom is -0.349 e. The maximum atomic E-state index is 13.0. The highest BCUT2D eigenvalue weighted by Gasteiger charge is 2.33. The van der Waals surface area contributed by atoms with Crippen LogP contribution in [-0.2, 0) is 0 Å². The van der Waals surface area contributed by atoms with Crippen molar-refractivity contribution in [3.63, 3.8) is 0 Å². The molecule has 1 fully saturated rings. The van der Waals surface area contributed by atoms with Crippen LogP contribution >= 0.6 is 11.3 Å². The topological polar surface area (TPSA) is 138 Å². The van der Waals surface area contributed by atoms with E-state index in [4.69, 9.17) is 9.97 Å². The van der Waals surface area contributed by atoms with Crippen molar-refractivity contribution in [3.8, 4) is 33.3 Å². The molecule has 1 aliphatic carbocycles. The number of rotatable bonds is 0. The number of pyridine rings is 2. The van der Waals surface area contributed by atoms with Gasteiger partial charge in [0.1, 0.15) is 16.9 Å². The van der Waals surface area contributed by atoms with Gasteiger partial charge in [0.05, 0.1) is 45.9 Å². The Hall–Kier alpha value is -4.51. The zero-order valence-corrected chi connectivity index (χ0v) is 19.5. The monoisotopic (exact) mass is 491 g/mol. The maximum Gasteiger partial charge on any atom is 0.261 e. The third-order valence-corrected chi connectivity index (χ3v) is 8.09. The standard InChI is InChI=1S/C25H17N9OS/c35-25-21-2-1-20(36-21)14-6-26-9-19-22(14)32-24(31-19)23-13-5-15(28-10-17(13)33-34-23)18-8-27-7-16(30-18)11-3-12(4-11)29-25/h1-2,5-12H,3-4H2,(H,29,35)(H,31,32)(H,33,34). The molecule has 174 valence electrons. The normalized spacial score (nSPS) is 18.6. The first kappa shape index (κ1) is 19.8. The molecule has 6 aromatic heterocycles. The molecular weight excluding hydrogens is 474 g/mol. The number of amides is 1. The Bertz CT molecular complexity index is 1830. The number of carbonyl (C=O) groups excluding carboxylic acids is 1. The first-order chi connectivity index (χ1) is 17.7. The van der Waals surface area contributed by atoms with Gasteiger partial charge in [-0.05, 0) is 31.0 Å². The van der Waals surface area contributed by atoms with Gasteiger partial charge >= 0.3 is 0 Å². The smallest absolute Gasteiger partial charge is 0.261 e. The number of H-pyrrole nitrogens is 2. The average Bonchev–Trinajstić information content (AvgIpc) is 3.62. The molecule has 0 spiro atoms. The van der Waals surface area contributed by atoms with E-state index in [1.807, 2.05) is 24.4 Å². The van der Waals surface area contributed by atoms with Crippen LogP contribution < -0.4 is 5.32 Å². The fourth-order valence-corrected chi connectivity index (χ4v) is 5.92. The third kappa shape index (κ3) is 2.92. The summed E-state index contributed by atoms with van der Waals surface area (Å²) in [5, 5.41) is 11.6. The van der Waals surface area contributed by atoms with Gasteiger partial charge in [0.15, 0.2) is 5.82 Å². The first-order valence-corrected chi connectivity index (χ1v) is 12.4. The highest BCUT2D eigenvalue weighted by atomic mass is 32.1. The van der Waals surface area contributed by atoms with Crippen molar-refractivity contribution in [2.24, 2.45) is 0 Å². The summed E-state index contributed by atoms with van der Waals surface area (Å²) < 4.78 is 0. The van der Waals surface area contributed by atoms with E-state index in [0.717, 1.165) is 50.9 Å². The van der Waals surface area contributed by atoms with Crippen LogP contribution in [0.2, 0.25) is 0 Å². The van der Waals surface area contributed by atoms with Crippen LogP contribution in [-0.4, -0.2) is 52.1 Å². The molecule has 11 heteroatoms. The molecule has 10 bridgehead atoms. The van der Waals surface area contributed by atoms with E-state index in [1.54, 1.807) is 24.8 Å². The summed E-state index contributed by atoms with van der Waals surface area (Å²) >= 11 is 1.44. The summed E-state index contributed by atoms with van der Waals surface area (Å²) in [6.45, 7) is 0. The minimum absolute atomic E-state index is 0.0607. The van der Waals surface area contributed by atoms with E-state index in [1.165, 1.54) is 11.3 Å². The Balaban J connectivity index is 1.35. The lowest BCUT2D eigenvalue weighted by Gasteiger charge is -2.35. The van der Waals surface area contributed by atoms with E-state index in [9.17, 15) is 4.79 Å². The number of nitrogens with one attached hydrogen (secondary N) is 3. The Morgan fingerprint density at radius 2 is 1.81 bits per heavy atom. The van der Waals surface area contributed by atoms with Gasteiger partial charge in [-0.2, -0.15) is 5.10 Å². The Kier molecular flexibility index (Phi) is 3.98. The van der Waals surface area contributed by atoms with Gasteiger partial charge in [0.25, 0.3) is 5.91 Å². The highest BCUT2D eigenvalue weighted by molar-refractivity contribution is 7.17. The first-order valence-electron chi connectivity index (χ1n) is 11.6. The molecular formula is C25H17N9OS. The van der Waals surface area contributed by atoms with Crippen molar-refractivity contribution in [2.75, 3.05) is 0 Å². The molecule has 0 unspecified atom stereocenters.